The lowest BCUT2D eigenvalue weighted by Crippen LogP contribution is -2.30. The number of hydrogen-bond acceptors (Lipinski definition) is 6. The molecule has 1 N–H and O–H groups in total. The summed E-state index contributed by atoms with van der Waals surface area (Å²) in [5, 5.41) is 21.5. The Morgan fingerprint density at radius 3 is 2.66 bits per heavy atom. The Balaban J connectivity index is 1.77. The third-order valence-corrected chi connectivity index (χ3v) is 4.55. The minimum Gasteiger partial charge on any atom is -0.491 e. The fourth-order valence-corrected chi connectivity index (χ4v) is 3.07. The van der Waals surface area contributed by atoms with Gasteiger partial charge in [0.15, 0.2) is 0 Å². The summed E-state index contributed by atoms with van der Waals surface area (Å²) < 4.78 is 7.03. The van der Waals surface area contributed by atoms with Gasteiger partial charge in [0.25, 0.3) is 11.2 Å². The number of nitro benzene ring substituents is 1. The number of para-hydroxylation sites is 1. The highest BCUT2D eigenvalue weighted by Crippen LogP contribution is 2.31. The second kappa shape index (κ2) is 8.00. The van der Waals surface area contributed by atoms with Gasteiger partial charge >= 0.3 is 0 Å². The van der Waals surface area contributed by atoms with Crippen molar-refractivity contribution < 1.29 is 14.8 Å². The Bertz CT molecular complexity index is 1100. The van der Waals surface area contributed by atoms with Crippen LogP contribution in [0.1, 0.15) is 26.3 Å². The topological polar surface area (TPSA) is 107 Å². The Hall–Kier alpha value is -3.26. The van der Waals surface area contributed by atoms with E-state index < -0.39 is 16.6 Å². The van der Waals surface area contributed by atoms with Gasteiger partial charge in [-0.3, -0.25) is 19.5 Å². The van der Waals surface area contributed by atoms with Crippen LogP contribution in [0, 0.1) is 10.1 Å². The Labute approximate surface area is 167 Å². The number of non-ortho nitro benzene ring substituents is 1. The number of rotatable bonds is 6. The molecular weight excluding hydrogens is 374 g/mol. The quantitative estimate of drug-likeness (QED) is 0.506. The van der Waals surface area contributed by atoms with Crippen molar-refractivity contribution in [2.75, 3.05) is 6.61 Å². The summed E-state index contributed by atoms with van der Waals surface area (Å²) in [6.07, 6.45) is 0.363. The third kappa shape index (κ3) is 4.60. The molecule has 1 atom stereocenters. The van der Waals surface area contributed by atoms with Gasteiger partial charge in [-0.2, -0.15) is 0 Å². The largest absolute Gasteiger partial charge is 0.491 e. The van der Waals surface area contributed by atoms with Gasteiger partial charge in [0.2, 0.25) is 0 Å². The van der Waals surface area contributed by atoms with Crippen LogP contribution in [-0.2, 0) is 12.0 Å². The van der Waals surface area contributed by atoms with E-state index in [2.05, 4.69) is 25.8 Å². The molecule has 0 saturated carbocycles. The van der Waals surface area contributed by atoms with Crippen molar-refractivity contribution in [3.05, 3.63) is 74.8 Å². The zero-order chi connectivity index (χ0) is 21.2. The van der Waals surface area contributed by atoms with Crippen molar-refractivity contribution in [2.24, 2.45) is 0 Å². The molecule has 1 aromatic heterocycles. The lowest BCUT2D eigenvalue weighted by atomic mass is 9.86. The molecule has 0 aliphatic heterocycles. The zero-order valence-electron chi connectivity index (χ0n) is 16.5. The van der Waals surface area contributed by atoms with Gasteiger partial charge in [0.1, 0.15) is 18.5 Å². The number of nitrogens with zero attached hydrogens (tertiary/aromatic N) is 3. The minimum atomic E-state index is -0.960. The molecule has 1 unspecified atom stereocenters. The van der Waals surface area contributed by atoms with Crippen LogP contribution in [0.4, 0.5) is 5.69 Å². The number of benzene rings is 2. The molecule has 0 bridgehead atoms. The van der Waals surface area contributed by atoms with E-state index in [4.69, 9.17) is 4.74 Å². The standard InChI is InChI=1S/C21H23N3O5/c1-21(2,3)17-6-4-5-7-19(17)29-12-15(25)11-23-13-22-18-9-8-14(24(27)28)10-16(18)20(23)26/h4-10,13,15,25H,11-12H2,1-3H3. The van der Waals surface area contributed by atoms with Crippen LogP contribution in [-0.4, -0.2) is 32.3 Å². The zero-order valence-corrected chi connectivity index (χ0v) is 16.5. The molecule has 3 rings (SSSR count). The van der Waals surface area contributed by atoms with Crippen LogP contribution in [0.5, 0.6) is 5.75 Å². The second-order valence-electron chi connectivity index (χ2n) is 7.87. The molecule has 0 aliphatic rings. The molecule has 0 radical (unpaired) electrons. The van der Waals surface area contributed by atoms with E-state index in [1.54, 1.807) is 0 Å². The number of aliphatic hydroxyl groups is 1. The number of ether oxygens (including phenoxy) is 1. The second-order valence-corrected chi connectivity index (χ2v) is 7.87. The van der Waals surface area contributed by atoms with Crippen LogP contribution < -0.4 is 10.3 Å². The van der Waals surface area contributed by atoms with Crippen molar-refractivity contribution in [1.29, 1.82) is 0 Å². The van der Waals surface area contributed by atoms with E-state index in [1.807, 2.05) is 24.3 Å². The maximum atomic E-state index is 12.6. The fourth-order valence-electron chi connectivity index (χ4n) is 3.07. The summed E-state index contributed by atoms with van der Waals surface area (Å²) in [5.74, 6) is 0.679. The lowest BCUT2D eigenvalue weighted by Gasteiger charge is -2.23. The molecule has 0 fully saturated rings. The minimum absolute atomic E-state index is 0.00743. The van der Waals surface area contributed by atoms with E-state index in [0.29, 0.717) is 11.3 Å². The number of nitro groups is 1. The number of aromatic nitrogens is 2. The lowest BCUT2D eigenvalue weighted by molar-refractivity contribution is -0.384. The van der Waals surface area contributed by atoms with Crippen molar-refractivity contribution >= 4 is 16.6 Å². The smallest absolute Gasteiger partial charge is 0.270 e. The SMILES string of the molecule is CC(C)(C)c1ccccc1OCC(O)Cn1cnc2ccc([N+](=O)[O-])cc2c1=O. The average molecular weight is 397 g/mol. The first-order valence-corrected chi connectivity index (χ1v) is 9.21. The summed E-state index contributed by atoms with van der Waals surface area (Å²) in [4.78, 5) is 27.2. The van der Waals surface area contributed by atoms with E-state index >= 15 is 0 Å². The predicted molar refractivity (Wildman–Crippen MR) is 109 cm³/mol. The van der Waals surface area contributed by atoms with E-state index in [1.165, 1.54) is 29.1 Å². The first-order valence-electron chi connectivity index (χ1n) is 9.21. The number of hydrogen-bond donors (Lipinski definition) is 1. The predicted octanol–water partition coefficient (Wildman–Crippen LogP) is 3.04. The van der Waals surface area contributed by atoms with Gasteiger partial charge in [0, 0.05) is 12.1 Å². The first kappa shape index (κ1) is 20.5. The fraction of sp³-hybridized carbons (Fsp3) is 0.333. The number of aliphatic hydroxyl groups excluding tert-OH is 1. The van der Waals surface area contributed by atoms with E-state index in [0.717, 1.165) is 5.56 Å². The Morgan fingerprint density at radius 1 is 1.24 bits per heavy atom. The molecule has 0 amide bonds. The van der Waals surface area contributed by atoms with Crippen LogP contribution >= 0.6 is 0 Å². The molecule has 8 nitrogen and oxygen atoms in total. The summed E-state index contributed by atoms with van der Waals surface area (Å²) in [7, 11) is 0. The Morgan fingerprint density at radius 2 is 1.97 bits per heavy atom. The van der Waals surface area contributed by atoms with Crippen LogP contribution in [0.15, 0.2) is 53.6 Å². The van der Waals surface area contributed by atoms with Gasteiger partial charge in [-0.05, 0) is 23.1 Å². The molecule has 2 aromatic carbocycles. The molecule has 29 heavy (non-hydrogen) atoms. The van der Waals surface area contributed by atoms with Crippen LogP contribution in [0.3, 0.4) is 0 Å². The van der Waals surface area contributed by atoms with Crippen molar-refractivity contribution in [1.82, 2.24) is 9.55 Å². The highest BCUT2D eigenvalue weighted by atomic mass is 16.6. The summed E-state index contributed by atoms with van der Waals surface area (Å²) in [5.41, 5.74) is 0.630. The maximum absolute atomic E-state index is 12.6. The molecule has 0 spiro atoms. The van der Waals surface area contributed by atoms with Crippen molar-refractivity contribution in [3.8, 4) is 5.75 Å². The summed E-state index contributed by atoms with van der Waals surface area (Å²) in [6.45, 7) is 6.18. The molecular formula is C21H23N3O5. The van der Waals surface area contributed by atoms with Crippen LogP contribution in [0.25, 0.3) is 10.9 Å². The average Bonchev–Trinajstić information content (AvgIpc) is 2.68. The Kier molecular flexibility index (Phi) is 5.65. The number of fused-ring (bicyclic) bond motifs is 1. The molecule has 0 aliphatic carbocycles. The monoisotopic (exact) mass is 397 g/mol. The van der Waals surface area contributed by atoms with Gasteiger partial charge in [0.05, 0.1) is 28.7 Å². The van der Waals surface area contributed by atoms with E-state index in [-0.39, 0.29) is 29.6 Å². The van der Waals surface area contributed by atoms with Crippen molar-refractivity contribution in [3.63, 3.8) is 0 Å². The summed E-state index contributed by atoms with van der Waals surface area (Å²) in [6, 6.07) is 11.5. The molecule has 152 valence electrons. The first-order chi connectivity index (χ1) is 13.7. The molecule has 0 saturated heterocycles. The van der Waals surface area contributed by atoms with E-state index in [9.17, 15) is 20.0 Å². The van der Waals surface area contributed by atoms with Gasteiger partial charge in [-0.1, -0.05) is 39.0 Å². The van der Waals surface area contributed by atoms with Gasteiger partial charge < -0.3 is 9.84 Å². The summed E-state index contributed by atoms with van der Waals surface area (Å²) >= 11 is 0. The molecule has 8 heteroatoms. The highest BCUT2D eigenvalue weighted by Gasteiger charge is 2.19. The highest BCUT2D eigenvalue weighted by molar-refractivity contribution is 5.79. The normalized spacial score (nSPS) is 12.7. The maximum Gasteiger partial charge on any atom is 0.270 e. The van der Waals surface area contributed by atoms with Crippen molar-refractivity contribution in [2.45, 2.75) is 38.8 Å². The van der Waals surface area contributed by atoms with Gasteiger partial charge in [-0.15, -0.1) is 0 Å². The molecule has 1 heterocycles. The third-order valence-electron chi connectivity index (χ3n) is 4.55. The van der Waals surface area contributed by atoms with Crippen LogP contribution in [0.2, 0.25) is 0 Å². The van der Waals surface area contributed by atoms with Gasteiger partial charge in [-0.25, -0.2) is 4.98 Å². The molecule has 3 aromatic rings.